The fourth-order valence-electron chi connectivity index (χ4n) is 3.96. The molecule has 2 heterocycles. The quantitative estimate of drug-likeness (QED) is 0.781. The molecular weight excluding hydrogens is 260 g/mol. The molecule has 3 heteroatoms. The number of hydrogen-bond donors (Lipinski definition) is 1. The van der Waals surface area contributed by atoms with E-state index in [0.717, 1.165) is 38.1 Å². The number of ether oxygens (including phenoxy) is 1. The SMILES string of the molecule is CCC1CCCN(CC2(CNCC(C)C)CCCOC2)C1. The molecule has 0 radical (unpaired) electrons. The predicted octanol–water partition coefficient (Wildman–Crippen LogP) is 3.15. The van der Waals surface area contributed by atoms with Crippen molar-refractivity contribution in [2.75, 3.05) is 45.9 Å². The van der Waals surface area contributed by atoms with Gasteiger partial charge in [0.1, 0.15) is 0 Å². The lowest BCUT2D eigenvalue weighted by Gasteiger charge is -2.43. The number of nitrogens with zero attached hydrogens (tertiary/aromatic N) is 1. The Kier molecular flexibility index (Phi) is 6.97. The molecule has 0 spiro atoms. The summed E-state index contributed by atoms with van der Waals surface area (Å²) in [7, 11) is 0. The predicted molar refractivity (Wildman–Crippen MR) is 89.6 cm³/mol. The fraction of sp³-hybridized carbons (Fsp3) is 1.00. The summed E-state index contributed by atoms with van der Waals surface area (Å²) < 4.78 is 5.87. The number of hydrogen-bond acceptors (Lipinski definition) is 3. The molecule has 1 N–H and O–H groups in total. The first-order valence-corrected chi connectivity index (χ1v) is 9.14. The molecule has 0 saturated carbocycles. The van der Waals surface area contributed by atoms with Gasteiger partial charge in [0, 0.05) is 31.7 Å². The third-order valence-corrected chi connectivity index (χ3v) is 5.20. The largest absolute Gasteiger partial charge is 0.381 e. The van der Waals surface area contributed by atoms with Crippen molar-refractivity contribution >= 4 is 0 Å². The van der Waals surface area contributed by atoms with Gasteiger partial charge in [0.05, 0.1) is 6.61 Å². The Morgan fingerprint density at radius 1 is 1.33 bits per heavy atom. The van der Waals surface area contributed by atoms with Crippen molar-refractivity contribution in [3.05, 3.63) is 0 Å². The summed E-state index contributed by atoms with van der Waals surface area (Å²) in [6.45, 7) is 14.9. The lowest BCUT2D eigenvalue weighted by atomic mass is 9.80. The van der Waals surface area contributed by atoms with E-state index in [2.05, 4.69) is 31.0 Å². The van der Waals surface area contributed by atoms with Gasteiger partial charge in [-0.25, -0.2) is 0 Å². The van der Waals surface area contributed by atoms with Crippen LogP contribution < -0.4 is 5.32 Å². The Labute approximate surface area is 131 Å². The van der Waals surface area contributed by atoms with Gasteiger partial charge in [-0.3, -0.25) is 0 Å². The molecule has 21 heavy (non-hydrogen) atoms. The van der Waals surface area contributed by atoms with Crippen LogP contribution in [0.25, 0.3) is 0 Å². The van der Waals surface area contributed by atoms with Crippen molar-refractivity contribution in [2.24, 2.45) is 17.3 Å². The second-order valence-corrected chi connectivity index (χ2v) is 7.83. The van der Waals surface area contributed by atoms with Crippen molar-refractivity contribution in [3.8, 4) is 0 Å². The van der Waals surface area contributed by atoms with Gasteiger partial charge in [0.15, 0.2) is 0 Å². The highest BCUT2D eigenvalue weighted by Crippen LogP contribution is 2.31. The molecule has 0 aromatic carbocycles. The number of likely N-dealkylation sites (tertiary alicyclic amines) is 1. The van der Waals surface area contributed by atoms with Crippen LogP contribution in [-0.4, -0.2) is 50.8 Å². The van der Waals surface area contributed by atoms with Crippen molar-refractivity contribution in [3.63, 3.8) is 0 Å². The van der Waals surface area contributed by atoms with E-state index in [1.165, 1.54) is 51.7 Å². The molecular formula is C18H36N2O. The number of piperidine rings is 1. The average molecular weight is 296 g/mol. The second-order valence-electron chi connectivity index (χ2n) is 7.83. The Morgan fingerprint density at radius 2 is 2.19 bits per heavy atom. The molecule has 0 aliphatic carbocycles. The van der Waals surface area contributed by atoms with E-state index in [0.29, 0.717) is 5.41 Å². The van der Waals surface area contributed by atoms with Gasteiger partial charge >= 0.3 is 0 Å². The van der Waals surface area contributed by atoms with Crippen molar-refractivity contribution in [1.29, 1.82) is 0 Å². The van der Waals surface area contributed by atoms with E-state index in [4.69, 9.17) is 4.74 Å². The molecule has 2 aliphatic rings. The molecule has 2 fully saturated rings. The minimum atomic E-state index is 0.350. The Balaban J connectivity index is 1.88. The normalized spacial score (nSPS) is 31.7. The van der Waals surface area contributed by atoms with E-state index >= 15 is 0 Å². The molecule has 2 rings (SSSR count). The van der Waals surface area contributed by atoms with E-state index in [-0.39, 0.29) is 0 Å². The van der Waals surface area contributed by atoms with Gasteiger partial charge in [0.25, 0.3) is 0 Å². The highest BCUT2D eigenvalue weighted by atomic mass is 16.5. The third kappa shape index (κ3) is 5.54. The Hall–Kier alpha value is -0.120. The standard InChI is InChI=1S/C18H36N2O/c1-4-17-7-5-9-20(12-17)14-18(8-6-10-21-15-18)13-19-11-16(2)3/h16-17,19H,4-15H2,1-3H3. The van der Waals surface area contributed by atoms with Crippen LogP contribution >= 0.6 is 0 Å². The molecule has 0 amide bonds. The van der Waals surface area contributed by atoms with Crippen molar-refractivity contribution in [1.82, 2.24) is 10.2 Å². The summed E-state index contributed by atoms with van der Waals surface area (Å²) in [5.74, 6) is 1.65. The molecule has 0 aromatic heterocycles. The van der Waals surface area contributed by atoms with E-state index in [1.54, 1.807) is 0 Å². The zero-order chi connectivity index (χ0) is 15.1. The maximum Gasteiger partial charge on any atom is 0.0546 e. The molecule has 0 bridgehead atoms. The highest BCUT2D eigenvalue weighted by molar-refractivity contribution is 4.89. The number of nitrogens with one attached hydrogen (secondary N) is 1. The van der Waals surface area contributed by atoms with Gasteiger partial charge < -0.3 is 15.0 Å². The molecule has 2 atom stereocenters. The molecule has 2 unspecified atom stereocenters. The van der Waals surface area contributed by atoms with Gasteiger partial charge in [-0.1, -0.05) is 27.2 Å². The summed E-state index contributed by atoms with van der Waals surface area (Å²) in [6, 6.07) is 0. The lowest BCUT2D eigenvalue weighted by Crippen LogP contribution is -2.51. The van der Waals surface area contributed by atoms with Crippen molar-refractivity contribution in [2.45, 2.75) is 52.9 Å². The Bertz CT molecular complexity index is 287. The zero-order valence-corrected chi connectivity index (χ0v) is 14.5. The minimum absolute atomic E-state index is 0.350. The van der Waals surface area contributed by atoms with Crippen LogP contribution in [0.5, 0.6) is 0 Å². The molecule has 2 saturated heterocycles. The summed E-state index contributed by atoms with van der Waals surface area (Å²) in [4.78, 5) is 2.73. The number of rotatable bonds is 7. The van der Waals surface area contributed by atoms with Crippen LogP contribution in [0.15, 0.2) is 0 Å². The van der Waals surface area contributed by atoms with Crippen LogP contribution in [0.3, 0.4) is 0 Å². The maximum atomic E-state index is 5.87. The molecule has 0 aromatic rings. The van der Waals surface area contributed by atoms with Crippen LogP contribution in [0, 0.1) is 17.3 Å². The lowest BCUT2D eigenvalue weighted by molar-refractivity contribution is -0.0323. The van der Waals surface area contributed by atoms with Crippen LogP contribution in [0.1, 0.15) is 52.9 Å². The monoisotopic (exact) mass is 296 g/mol. The topological polar surface area (TPSA) is 24.5 Å². The molecule has 3 nitrogen and oxygen atoms in total. The van der Waals surface area contributed by atoms with E-state index in [9.17, 15) is 0 Å². The van der Waals surface area contributed by atoms with Gasteiger partial charge in [-0.05, 0) is 50.6 Å². The average Bonchev–Trinajstić information content (AvgIpc) is 2.48. The Morgan fingerprint density at radius 3 is 2.86 bits per heavy atom. The summed E-state index contributed by atoms with van der Waals surface area (Å²) in [6.07, 6.45) is 6.71. The first kappa shape index (κ1) is 17.2. The zero-order valence-electron chi connectivity index (χ0n) is 14.5. The van der Waals surface area contributed by atoms with Crippen LogP contribution in [0.4, 0.5) is 0 Å². The minimum Gasteiger partial charge on any atom is -0.381 e. The van der Waals surface area contributed by atoms with Gasteiger partial charge in [-0.15, -0.1) is 0 Å². The van der Waals surface area contributed by atoms with Crippen LogP contribution in [0.2, 0.25) is 0 Å². The second kappa shape index (κ2) is 8.50. The molecule has 124 valence electrons. The molecule has 2 aliphatic heterocycles. The smallest absolute Gasteiger partial charge is 0.0546 e. The van der Waals surface area contributed by atoms with Gasteiger partial charge in [0.2, 0.25) is 0 Å². The van der Waals surface area contributed by atoms with Crippen LogP contribution in [-0.2, 0) is 4.74 Å². The summed E-state index contributed by atoms with van der Waals surface area (Å²) in [5.41, 5.74) is 0.350. The summed E-state index contributed by atoms with van der Waals surface area (Å²) >= 11 is 0. The first-order chi connectivity index (χ1) is 10.1. The first-order valence-electron chi connectivity index (χ1n) is 9.14. The summed E-state index contributed by atoms with van der Waals surface area (Å²) in [5, 5.41) is 3.70. The van der Waals surface area contributed by atoms with E-state index in [1.807, 2.05) is 0 Å². The maximum absolute atomic E-state index is 5.87. The third-order valence-electron chi connectivity index (χ3n) is 5.20. The van der Waals surface area contributed by atoms with E-state index < -0.39 is 0 Å². The van der Waals surface area contributed by atoms with Gasteiger partial charge in [-0.2, -0.15) is 0 Å². The fourth-order valence-corrected chi connectivity index (χ4v) is 3.96. The highest BCUT2D eigenvalue weighted by Gasteiger charge is 2.35. The van der Waals surface area contributed by atoms with Crippen molar-refractivity contribution < 1.29 is 4.74 Å².